The molecular formula is C18H23N3O3S. The SMILES string of the molecule is CCCCNC(=O)COC(=O)/C=C/c1cc(C)n(-c2nccs2)c1C. The molecule has 0 radical (unpaired) electrons. The number of rotatable bonds is 8. The van der Waals surface area contributed by atoms with Gasteiger partial charge in [-0.2, -0.15) is 0 Å². The molecule has 6 nitrogen and oxygen atoms in total. The Morgan fingerprint density at radius 2 is 2.20 bits per heavy atom. The number of aromatic nitrogens is 2. The highest BCUT2D eigenvalue weighted by Crippen LogP contribution is 2.23. The molecule has 0 saturated heterocycles. The second-order valence-corrected chi connectivity index (χ2v) is 6.49. The normalized spacial score (nSPS) is 11.0. The number of hydrogen-bond acceptors (Lipinski definition) is 5. The van der Waals surface area contributed by atoms with E-state index in [9.17, 15) is 9.59 Å². The minimum absolute atomic E-state index is 0.259. The molecule has 2 aromatic rings. The van der Waals surface area contributed by atoms with E-state index in [2.05, 4.69) is 10.3 Å². The van der Waals surface area contributed by atoms with Crippen LogP contribution in [-0.2, 0) is 14.3 Å². The summed E-state index contributed by atoms with van der Waals surface area (Å²) in [6, 6.07) is 1.98. The highest BCUT2D eigenvalue weighted by Gasteiger charge is 2.11. The van der Waals surface area contributed by atoms with Crippen LogP contribution in [0, 0.1) is 13.8 Å². The topological polar surface area (TPSA) is 73.2 Å². The van der Waals surface area contributed by atoms with Gasteiger partial charge in [-0.25, -0.2) is 9.78 Å². The summed E-state index contributed by atoms with van der Waals surface area (Å²) >= 11 is 1.55. The lowest BCUT2D eigenvalue weighted by molar-refractivity contribution is -0.143. The van der Waals surface area contributed by atoms with Gasteiger partial charge in [0.2, 0.25) is 0 Å². The summed E-state index contributed by atoms with van der Waals surface area (Å²) in [5.74, 6) is -0.818. The number of nitrogens with one attached hydrogen (secondary N) is 1. The van der Waals surface area contributed by atoms with Crippen LogP contribution in [0.25, 0.3) is 11.2 Å². The van der Waals surface area contributed by atoms with Gasteiger partial charge in [-0.15, -0.1) is 11.3 Å². The molecule has 0 spiro atoms. The predicted octanol–water partition coefficient (Wildman–Crippen LogP) is 3.02. The van der Waals surface area contributed by atoms with Crippen LogP contribution in [0.3, 0.4) is 0 Å². The number of unbranched alkanes of at least 4 members (excludes halogenated alkanes) is 1. The maximum absolute atomic E-state index is 11.8. The van der Waals surface area contributed by atoms with E-state index < -0.39 is 5.97 Å². The largest absolute Gasteiger partial charge is 0.452 e. The highest BCUT2D eigenvalue weighted by molar-refractivity contribution is 7.12. The van der Waals surface area contributed by atoms with Crippen molar-refractivity contribution in [2.45, 2.75) is 33.6 Å². The number of nitrogens with zero attached hydrogens (tertiary/aromatic N) is 2. The molecule has 7 heteroatoms. The molecule has 2 aromatic heterocycles. The minimum atomic E-state index is -0.537. The first-order chi connectivity index (χ1) is 12.0. The number of thiazole rings is 1. The summed E-state index contributed by atoms with van der Waals surface area (Å²) in [7, 11) is 0. The van der Waals surface area contributed by atoms with E-state index in [-0.39, 0.29) is 12.5 Å². The van der Waals surface area contributed by atoms with Crippen molar-refractivity contribution in [2.75, 3.05) is 13.2 Å². The summed E-state index contributed by atoms with van der Waals surface area (Å²) < 4.78 is 6.99. The number of carbonyl (C=O) groups is 2. The standard InChI is InChI=1S/C18H23N3O3S/c1-4-5-8-19-16(22)12-24-17(23)7-6-15-11-13(2)21(14(15)3)18-20-9-10-25-18/h6-7,9-11H,4-5,8,12H2,1-3H3,(H,19,22)/b7-6+. The summed E-state index contributed by atoms with van der Waals surface area (Å²) in [5, 5.41) is 5.51. The average molecular weight is 361 g/mol. The summed E-state index contributed by atoms with van der Waals surface area (Å²) in [5.41, 5.74) is 2.95. The number of amides is 1. The minimum Gasteiger partial charge on any atom is -0.452 e. The van der Waals surface area contributed by atoms with Gasteiger partial charge in [0, 0.05) is 35.6 Å². The Hall–Kier alpha value is -2.41. The van der Waals surface area contributed by atoms with E-state index >= 15 is 0 Å². The van der Waals surface area contributed by atoms with Crippen molar-refractivity contribution in [3.05, 3.63) is 40.7 Å². The van der Waals surface area contributed by atoms with Gasteiger partial charge in [0.25, 0.3) is 5.91 Å². The fourth-order valence-corrected chi connectivity index (χ4v) is 3.13. The first-order valence-electron chi connectivity index (χ1n) is 8.23. The lowest BCUT2D eigenvalue weighted by Gasteiger charge is -2.05. The number of ether oxygens (including phenoxy) is 1. The van der Waals surface area contributed by atoms with Gasteiger partial charge in [0.1, 0.15) is 0 Å². The van der Waals surface area contributed by atoms with Crippen LogP contribution >= 0.6 is 11.3 Å². The van der Waals surface area contributed by atoms with Crippen LogP contribution in [-0.4, -0.2) is 34.6 Å². The average Bonchev–Trinajstić information content (AvgIpc) is 3.19. The lowest BCUT2D eigenvalue weighted by atomic mass is 10.2. The predicted molar refractivity (Wildman–Crippen MR) is 98.8 cm³/mol. The van der Waals surface area contributed by atoms with Crippen LogP contribution in [0.1, 0.15) is 36.7 Å². The quantitative estimate of drug-likeness (QED) is 0.446. The molecule has 25 heavy (non-hydrogen) atoms. The van der Waals surface area contributed by atoms with Crippen LogP contribution < -0.4 is 5.32 Å². The highest BCUT2D eigenvalue weighted by atomic mass is 32.1. The van der Waals surface area contributed by atoms with Crippen molar-refractivity contribution >= 4 is 29.3 Å². The zero-order chi connectivity index (χ0) is 18.2. The van der Waals surface area contributed by atoms with E-state index in [0.717, 1.165) is 34.9 Å². The van der Waals surface area contributed by atoms with E-state index in [1.807, 2.05) is 36.8 Å². The Labute approximate surface area is 151 Å². The Kier molecular flexibility index (Phi) is 6.94. The molecule has 134 valence electrons. The summed E-state index contributed by atoms with van der Waals surface area (Å²) in [6.45, 7) is 6.35. The molecule has 2 rings (SSSR count). The van der Waals surface area contributed by atoms with Crippen molar-refractivity contribution in [1.82, 2.24) is 14.9 Å². The molecule has 0 fully saturated rings. The molecule has 0 saturated carbocycles. The van der Waals surface area contributed by atoms with E-state index in [1.54, 1.807) is 23.6 Å². The van der Waals surface area contributed by atoms with Crippen molar-refractivity contribution in [1.29, 1.82) is 0 Å². The molecule has 0 bridgehead atoms. The second-order valence-electron chi connectivity index (χ2n) is 5.62. The maximum Gasteiger partial charge on any atom is 0.331 e. The first-order valence-corrected chi connectivity index (χ1v) is 9.11. The molecule has 0 aromatic carbocycles. The Morgan fingerprint density at radius 1 is 1.40 bits per heavy atom. The van der Waals surface area contributed by atoms with Crippen molar-refractivity contribution < 1.29 is 14.3 Å². The number of hydrogen-bond donors (Lipinski definition) is 1. The Morgan fingerprint density at radius 3 is 2.88 bits per heavy atom. The molecule has 1 amide bonds. The molecule has 0 atom stereocenters. The Balaban J connectivity index is 1.92. The lowest BCUT2D eigenvalue weighted by Crippen LogP contribution is -2.29. The smallest absolute Gasteiger partial charge is 0.331 e. The maximum atomic E-state index is 11.8. The van der Waals surface area contributed by atoms with Gasteiger partial charge in [-0.05, 0) is 38.0 Å². The molecular weight excluding hydrogens is 338 g/mol. The van der Waals surface area contributed by atoms with Gasteiger partial charge in [-0.3, -0.25) is 9.36 Å². The zero-order valence-electron chi connectivity index (χ0n) is 14.7. The van der Waals surface area contributed by atoms with Crippen LogP contribution in [0.15, 0.2) is 23.7 Å². The van der Waals surface area contributed by atoms with Gasteiger partial charge in [0.05, 0.1) is 0 Å². The van der Waals surface area contributed by atoms with Crippen LogP contribution in [0.2, 0.25) is 0 Å². The number of esters is 1. The molecule has 0 aliphatic heterocycles. The third-order valence-electron chi connectivity index (χ3n) is 3.68. The second kappa shape index (κ2) is 9.17. The first kappa shape index (κ1) is 18.9. The van der Waals surface area contributed by atoms with E-state index in [0.29, 0.717) is 6.54 Å². The van der Waals surface area contributed by atoms with Gasteiger partial charge < -0.3 is 10.1 Å². The van der Waals surface area contributed by atoms with Gasteiger partial charge >= 0.3 is 5.97 Å². The molecule has 0 aliphatic carbocycles. The summed E-state index contributed by atoms with van der Waals surface area (Å²) in [6.07, 6.45) is 6.71. The summed E-state index contributed by atoms with van der Waals surface area (Å²) in [4.78, 5) is 27.6. The molecule has 0 unspecified atom stereocenters. The van der Waals surface area contributed by atoms with Crippen LogP contribution in [0.4, 0.5) is 0 Å². The fourth-order valence-electron chi connectivity index (χ4n) is 2.38. The third kappa shape index (κ3) is 5.29. The van der Waals surface area contributed by atoms with Gasteiger partial charge in [-0.1, -0.05) is 13.3 Å². The molecule has 0 aliphatic rings. The van der Waals surface area contributed by atoms with Crippen molar-refractivity contribution in [3.63, 3.8) is 0 Å². The van der Waals surface area contributed by atoms with Crippen molar-refractivity contribution in [2.24, 2.45) is 0 Å². The number of aryl methyl sites for hydroxylation is 1. The molecule has 1 N–H and O–H groups in total. The Bertz CT molecular complexity index is 748. The van der Waals surface area contributed by atoms with E-state index in [1.165, 1.54) is 6.08 Å². The zero-order valence-corrected chi connectivity index (χ0v) is 15.6. The van der Waals surface area contributed by atoms with Crippen molar-refractivity contribution in [3.8, 4) is 5.13 Å². The fraction of sp³-hybridized carbons (Fsp3) is 0.389. The monoisotopic (exact) mass is 361 g/mol. The number of carbonyl (C=O) groups excluding carboxylic acids is 2. The van der Waals surface area contributed by atoms with Gasteiger partial charge in [0.15, 0.2) is 11.7 Å². The molecule has 2 heterocycles. The van der Waals surface area contributed by atoms with Crippen LogP contribution in [0.5, 0.6) is 0 Å². The third-order valence-corrected chi connectivity index (χ3v) is 4.43. The van der Waals surface area contributed by atoms with E-state index in [4.69, 9.17) is 4.74 Å².